The smallest absolute Gasteiger partial charge is 0.269 e. The molecule has 8 heteroatoms. The van der Waals surface area contributed by atoms with Gasteiger partial charge in [-0.15, -0.1) is 0 Å². The SMILES string of the molecule is COc1ccccc1N(C)S(=O)(=O)Cc1ccc([N+](=O)[O-])cc1. The molecule has 0 aliphatic carbocycles. The third kappa shape index (κ3) is 3.78. The zero-order valence-electron chi connectivity index (χ0n) is 12.7. The molecule has 0 amide bonds. The number of sulfonamides is 1. The van der Waals surface area contributed by atoms with Gasteiger partial charge >= 0.3 is 0 Å². The van der Waals surface area contributed by atoms with Crippen molar-refractivity contribution in [3.63, 3.8) is 0 Å². The molecular weight excluding hydrogens is 320 g/mol. The molecule has 2 aromatic rings. The second-order valence-corrected chi connectivity index (χ2v) is 6.82. The average molecular weight is 336 g/mol. The molecule has 0 heterocycles. The summed E-state index contributed by atoms with van der Waals surface area (Å²) in [6.45, 7) is 0. The number of anilines is 1. The first-order chi connectivity index (χ1) is 10.8. The highest BCUT2D eigenvalue weighted by Gasteiger charge is 2.22. The molecule has 0 N–H and O–H groups in total. The molecule has 0 saturated heterocycles. The number of rotatable bonds is 6. The van der Waals surface area contributed by atoms with E-state index >= 15 is 0 Å². The van der Waals surface area contributed by atoms with Crippen molar-refractivity contribution < 1.29 is 18.1 Å². The van der Waals surface area contributed by atoms with E-state index < -0.39 is 14.9 Å². The van der Waals surface area contributed by atoms with E-state index in [1.165, 1.54) is 38.4 Å². The lowest BCUT2D eigenvalue weighted by molar-refractivity contribution is -0.384. The first kappa shape index (κ1) is 16.8. The summed E-state index contributed by atoms with van der Waals surface area (Å²) in [6, 6.07) is 12.2. The predicted molar refractivity (Wildman–Crippen MR) is 87.1 cm³/mol. The summed E-state index contributed by atoms with van der Waals surface area (Å²) in [5.74, 6) is 0.182. The van der Waals surface area contributed by atoms with Crippen molar-refractivity contribution in [1.82, 2.24) is 0 Å². The number of non-ortho nitro benzene ring substituents is 1. The highest BCUT2D eigenvalue weighted by Crippen LogP contribution is 2.29. The Morgan fingerprint density at radius 2 is 1.74 bits per heavy atom. The Labute approximate surface area is 134 Å². The molecular formula is C15H16N2O5S. The van der Waals surface area contributed by atoms with Crippen LogP contribution in [0.15, 0.2) is 48.5 Å². The van der Waals surface area contributed by atoms with Gasteiger partial charge in [0.2, 0.25) is 10.0 Å². The predicted octanol–water partition coefficient (Wildman–Crippen LogP) is 2.57. The molecule has 2 rings (SSSR count). The van der Waals surface area contributed by atoms with E-state index in [2.05, 4.69) is 0 Å². The topological polar surface area (TPSA) is 89.8 Å². The molecule has 122 valence electrons. The highest BCUT2D eigenvalue weighted by molar-refractivity contribution is 7.92. The van der Waals surface area contributed by atoms with Crippen LogP contribution < -0.4 is 9.04 Å². The van der Waals surface area contributed by atoms with Crippen molar-refractivity contribution in [1.29, 1.82) is 0 Å². The Hall–Kier alpha value is -2.61. The molecule has 23 heavy (non-hydrogen) atoms. The van der Waals surface area contributed by atoms with Gasteiger partial charge in [0.1, 0.15) is 5.75 Å². The Kier molecular flexibility index (Phi) is 4.85. The number of nitro benzene ring substituents is 1. The molecule has 0 aromatic heterocycles. The number of benzene rings is 2. The van der Waals surface area contributed by atoms with Crippen LogP contribution in [0.25, 0.3) is 0 Å². The zero-order valence-corrected chi connectivity index (χ0v) is 13.5. The molecule has 7 nitrogen and oxygen atoms in total. The maximum atomic E-state index is 12.5. The normalized spacial score (nSPS) is 11.0. The Balaban J connectivity index is 2.25. The number of ether oxygens (including phenoxy) is 1. The summed E-state index contributed by atoms with van der Waals surface area (Å²) in [4.78, 5) is 10.1. The van der Waals surface area contributed by atoms with E-state index in [4.69, 9.17) is 4.74 Å². The summed E-state index contributed by atoms with van der Waals surface area (Å²) >= 11 is 0. The van der Waals surface area contributed by atoms with E-state index in [9.17, 15) is 18.5 Å². The lowest BCUT2D eigenvalue weighted by Crippen LogP contribution is -2.28. The molecule has 2 aromatic carbocycles. The Morgan fingerprint density at radius 3 is 2.30 bits per heavy atom. The minimum absolute atomic E-state index is 0.0794. The first-order valence-electron chi connectivity index (χ1n) is 6.68. The van der Waals surface area contributed by atoms with Crippen LogP contribution in [0.2, 0.25) is 0 Å². The fraction of sp³-hybridized carbons (Fsp3) is 0.200. The molecule has 0 bridgehead atoms. The van der Waals surface area contributed by atoms with Gasteiger partial charge in [0.05, 0.1) is 23.5 Å². The monoisotopic (exact) mass is 336 g/mol. The number of nitrogens with zero attached hydrogens (tertiary/aromatic N) is 2. The third-order valence-electron chi connectivity index (χ3n) is 3.34. The number of nitro groups is 1. The zero-order chi connectivity index (χ0) is 17.0. The number of hydrogen-bond acceptors (Lipinski definition) is 5. The Bertz CT molecular complexity index is 803. The quantitative estimate of drug-likeness (QED) is 0.597. The standard InChI is InChI=1S/C15H16N2O5S/c1-16(14-5-3-4-6-15(14)22-2)23(20,21)11-12-7-9-13(10-8-12)17(18)19/h3-10H,11H2,1-2H3. The van der Waals surface area contributed by atoms with Gasteiger partial charge in [0.15, 0.2) is 0 Å². The van der Waals surface area contributed by atoms with Crippen molar-refractivity contribution >= 4 is 21.4 Å². The Morgan fingerprint density at radius 1 is 1.13 bits per heavy atom. The summed E-state index contributed by atoms with van der Waals surface area (Å²) in [5, 5.41) is 10.6. The van der Waals surface area contributed by atoms with E-state index in [1.54, 1.807) is 24.3 Å². The van der Waals surface area contributed by atoms with Crippen LogP contribution in [-0.4, -0.2) is 27.5 Å². The molecule has 0 atom stereocenters. The molecule has 0 aliphatic heterocycles. The van der Waals surface area contributed by atoms with Gasteiger partial charge in [-0.1, -0.05) is 24.3 Å². The third-order valence-corrected chi connectivity index (χ3v) is 5.07. The van der Waals surface area contributed by atoms with Crippen molar-refractivity contribution in [2.75, 3.05) is 18.5 Å². The van der Waals surface area contributed by atoms with Crippen LogP contribution in [0.1, 0.15) is 5.56 Å². The van der Waals surface area contributed by atoms with Gasteiger partial charge < -0.3 is 4.74 Å². The molecule has 0 radical (unpaired) electrons. The van der Waals surface area contributed by atoms with E-state index in [1.807, 2.05) is 0 Å². The fourth-order valence-electron chi connectivity index (χ4n) is 2.06. The van der Waals surface area contributed by atoms with Crippen molar-refractivity contribution in [3.8, 4) is 5.75 Å². The maximum Gasteiger partial charge on any atom is 0.269 e. The summed E-state index contributed by atoms with van der Waals surface area (Å²) in [5.41, 5.74) is 0.818. The van der Waals surface area contributed by atoms with Gasteiger partial charge in [-0.05, 0) is 17.7 Å². The minimum Gasteiger partial charge on any atom is -0.495 e. The number of para-hydroxylation sites is 2. The van der Waals surface area contributed by atoms with Crippen molar-refractivity contribution in [2.24, 2.45) is 0 Å². The molecule has 0 unspecified atom stereocenters. The van der Waals surface area contributed by atoms with E-state index in [0.29, 0.717) is 17.0 Å². The van der Waals surface area contributed by atoms with Gasteiger partial charge in [-0.25, -0.2) is 8.42 Å². The molecule has 0 saturated carbocycles. The minimum atomic E-state index is -3.65. The van der Waals surface area contributed by atoms with Gasteiger partial charge in [0.25, 0.3) is 5.69 Å². The summed E-state index contributed by atoms with van der Waals surface area (Å²) in [7, 11) is -0.738. The van der Waals surface area contributed by atoms with Crippen LogP contribution in [-0.2, 0) is 15.8 Å². The van der Waals surface area contributed by atoms with Gasteiger partial charge in [0, 0.05) is 19.2 Å². The number of methoxy groups -OCH3 is 1. The van der Waals surface area contributed by atoms with Crippen LogP contribution in [0.4, 0.5) is 11.4 Å². The highest BCUT2D eigenvalue weighted by atomic mass is 32.2. The summed E-state index contributed by atoms with van der Waals surface area (Å²) < 4.78 is 31.4. The lowest BCUT2D eigenvalue weighted by atomic mass is 10.2. The first-order valence-corrected chi connectivity index (χ1v) is 8.29. The van der Waals surface area contributed by atoms with Crippen LogP contribution in [0.5, 0.6) is 5.75 Å². The van der Waals surface area contributed by atoms with Crippen LogP contribution in [0.3, 0.4) is 0 Å². The maximum absolute atomic E-state index is 12.5. The summed E-state index contributed by atoms with van der Waals surface area (Å²) in [6.07, 6.45) is 0. The van der Waals surface area contributed by atoms with Crippen LogP contribution >= 0.6 is 0 Å². The number of hydrogen-bond donors (Lipinski definition) is 0. The second kappa shape index (κ2) is 6.66. The van der Waals surface area contributed by atoms with Crippen LogP contribution in [0, 0.1) is 10.1 Å². The van der Waals surface area contributed by atoms with E-state index in [-0.39, 0.29) is 11.4 Å². The fourth-order valence-corrected chi connectivity index (χ4v) is 3.32. The van der Waals surface area contributed by atoms with Gasteiger partial charge in [-0.2, -0.15) is 0 Å². The molecule has 0 fully saturated rings. The van der Waals surface area contributed by atoms with Gasteiger partial charge in [-0.3, -0.25) is 14.4 Å². The molecule has 0 aliphatic rings. The average Bonchev–Trinajstić information content (AvgIpc) is 2.54. The lowest BCUT2D eigenvalue weighted by Gasteiger charge is -2.21. The van der Waals surface area contributed by atoms with Crippen molar-refractivity contribution in [2.45, 2.75) is 5.75 Å². The largest absolute Gasteiger partial charge is 0.495 e. The van der Waals surface area contributed by atoms with E-state index in [0.717, 1.165) is 4.31 Å². The second-order valence-electron chi connectivity index (χ2n) is 4.82. The van der Waals surface area contributed by atoms with Crippen molar-refractivity contribution in [3.05, 3.63) is 64.2 Å². The molecule has 0 spiro atoms.